The molecule has 12 heavy (non-hydrogen) atoms. The third-order valence-corrected chi connectivity index (χ3v) is 1.56. The van der Waals surface area contributed by atoms with Crippen molar-refractivity contribution >= 4 is 0 Å². The van der Waals surface area contributed by atoms with E-state index >= 15 is 0 Å². The number of hydrogen-bond acceptors (Lipinski definition) is 3. The zero-order chi connectivity index (χ0) is 8.39. The van der Waals surface area contributed by atoms with E-state index in [0.29, 0.717) is 0 Å². The molecule has 0 spiro atoms. The molecule has 0 aliphatic heterocycles. The van der Waals surface area contributed by atoms with Crippen LogP contribution in [-0.4, -0.2) is 19.7 Å². The second kappa shape index (κ2) is 2.73. The van der Waals surface area contributed by atoms with Gasteiger partial charge >= 0.3 is 0 Å². The largest absolute Gasteiger partial charge is 0.275 e. The molecule has 4 nitrogen and oxygen atoms in total. The van der Waals surface area contributed by atoms with E-state index in [-0.39, 0.29) is 0 Å². The maximum absolute atomic E-state index is 4.04. The predicted molar refractivity (Wildman–Crippen MR) is 43.1 cm³/mol. The van der Waals surface area contributed by atoms with Gasteiger partial charge in [0.1, 0.15) is 0 Å². The fourth-order valence-corrected chi connectivity index (χ4v) is 0.983. The van der Waals surface area contributed by atoms with Crippen molar-refractivity contribution < 1.29 is 0 Å². The van der Waals surface area contributed by atoms with Crippen LogP contribution in [0.2, 0.25) is 0 Å². The maximum atomic E-state index is 4.04. The molecule has 2 heterocycles. The standard InChI is InChI=1S/C8H7N4/c1-12-5-8(4-11-12)7-2-9-6-10-3-7/h2-5H,1H3. The molecule has 2 rings (SSSR count). The summed E-state index contributed by atoms with van der Waals surface area (Å²) in [4.78, 5) is 7.59. The Bertz CT molecular complexity index is 366. The summed E-state index contributed by atoms with van der Waals surface area (Å²) in [6.07, 6.45) is 9.60. The Balaban J connectivity index is 2.45. The summed E-state index contributed by atoms with van der Waals surface area (Å²) >= 11 is 0. The summed E-state index contributed by atoms with van der Waals surface area (Å²) in [6.45, 7) is 0. The SMILES string of the molecule is Cn1cc(-c2cn[c]nc2)cn1. The lowest BCUT2D eigenvalue weighted by Crippen LogP contribution is -1.84. The topological polar surface area (TPSA) is 43.6 Å². The Kier molecular flexibility index (Phi) is 1.59. The summed E-state index contributed by atoms with van der Waals surface area (Å²) in [7, 11) is 1.87. The van der Waals surface area contributed by atoms with Gasteiger partial charge in [-0.3, -0.25) is 4.68 Å². The van der Waals surface area contributed by atoms with Crippen LogP contribution in [0, 0.1) is 6.33 Å². The molecule has 0 aliphatic carbocycles. The molecule has 0 saturated carbocycles. The van der Waals surface area contributed by atoms with Crippen LogP contribution in [0.4, 0.5) is 0 Å². The lowest BCUT2D eigenvalue weighted by atomic mass is 10.2. The molecule has 2 aromatic rings. The normalized spacial score (nSPS) is 10.1. The van der Waals surface area contributed by atoms with Crippen LogP contribution in [-0.2, 0) is 7.05 Å². The van der Waals surface area contributed by atoms with E-state index in [1.807, 2.05) is 13.2 Å². The fraction of sp³-hybridized carbons (Fsp3) is 0.125. The molecule has 1 radical (unpaired) electrons. The van der Waals surface area contributed by atoms with E-state index < -0.39 is 0 Å². The minimum Gasteiger partial charge on any atom is -0.275 e. The Hall–Kier alpha value is -1.71. The number of hydrogen-bond donors (Lipinski definition) is 0. The Labute approximate surface area is 69.9 Å². The van der Waals surface area contributed by atoms with Gasteiger partial charge in [-0.25, -0.2) is 9.97 Å². The summed E-state index contributed by atoms with van der Waals surface area (Å²) in [5, 5.41) is 4.04. The van der Waals surface area contributed by atoms with Crippen LogP contribution in [0.25, 0.3) is 11.1 Å². The third-order valence-electron chi connectivity index (χ3n) is 1.56. The minimum atomic E-state index is 0.960. The van der Waals surface area contributed by atoms with Crippen LogP contribution in [0.1, 0.15) is 0 Å². The number of aryl methyl sites for hydroxylation is 1. The van der Waals surface area contributed by atoms with Gasteiger partial charge in [0, 0.05) is 36.8 Å². The summed E-state index contributed by atoms with van der Waals surface area (Å²) in [5.74, 6) is 0. The summed E-state index contributed by atoms with van der Waals surface area (Å²) < 4.78 is 1.74. The molecular weight excluding hydrogens is 152 g/mol. The number of nitrogens with zero attached hydrogens (tertiary/aromatic N) is 4. The van der Waals surface area contributed by atoms with Crippen LogP contribution >= 0.6 is 0 Å². The lowest BCUT2D eigenvalue weighted by Gasteiger charge is -1.91. The average Bonchev–Trinajstić information content (AvgIpc) is 2.54. The molecule has 2 aromatic heterocycles. The smallest absolute Gasteiger partial charge is 0.197 e. The van der Waals surface area contributed by atoms with Gasteiger partial charge in [0.25, 0.3) is 0 Å². The van der Waals surface area contributed by atoms with E-state index in [1.165, 1.54) is 0 Å². The maximum Gasteiger partial charge on any atom is 0.197 e. The van der Waals surface area contributed by atoms with Gasteiger partial charge in [-0.1, -0.05) is 0 Å². The van der Waals surface area contributed by atoms with Crippen LogP contribution in [0.15, 0.2) is 24.8 Å². The molecular formula is C8H7N4. The van der Waals surface area contributed by atoms with Gasteiger partial charge in [-0.2, -0.15) is 5.10 Å². The summed E-state index contributed by atoms with van der Waals surface area (Å²) in [5.41, 5.74) is 1.98. The van der Waals surface area contributed by atoms with E-state index in [4.69, 9.17) is 0 Å². The second-order valence-electron chi connectivity index (χ2n) is 2.47. The van der Waals surface area contributed by atoms with E-state index in [9.17, 15) is 0 Å². The molecule has 0 amide bonds. The lowest BCUT2D eigenvalue weighted by molar-refractivity contribution is 0.768. The van der Waals surface area contributed by atoms with Gasteiger partial charge in [-0.05, 0) is 0 Å². The first-order valence-corrected chi connectivity index (χ1v) is 3.53. The highest BCUT2D eigenvalue weighted by Gasteiger charge is 1.98. The molecule has 0 saturated heterocycles. The van der Waals surface area contributed by atoms with Crippen molar-refractivity contribution in [3.8, 4) is 11.1 Å². The van der Waals surface area contributed by atoms with Gasteiger partial charge < -0.3 is 0 Å². The Morgan fingerprint density at radius 2 is 1.92 bits per heavy atom. The Morgan fingerprint density at radius 1 is 1.17 bits per heavy atom. The monoisotopic (exact) mass is 159 g/mol. The molecule has 4 heteroatoms. The molecule has 0 N–H and O–H groups in total. The molecule has 0 fully saturated rings. The molecule has 0 bridgehead atoms. The quantitative estimate of drug-likeness (QED) is 0.614. The highest BCUT2D eigenvalue weighted by atomic mass is 15.2. The van der Waals surface area contributed by atoms with Crippen LogP contribution < -0.4 is 0 Å². The van der Waals surface area contributed by atoms with Gasteiger partial charge in [0.2, 0.25) is 0 Å². The summed E-state index contributed by atoms with van der Waals surface area (Å²) in [6, 6.07) is 0. The second-order valence-corrected chi connectivity index (χ2v) is 2.47. The first-order chi connectivity index (χ1) is 5.86. The zero-order valence-corrected chi connectivity index (χ0v) is 6.60. The van der Waals surface area contributed by atoms with Crippen LogP contribution in [0.3, 0.4) is 0 Å². The van der Waals surface area contributed by atoms with Crippen LogP contribution in [0.5, 0.6) is 0 Å². The zero-order valence-electron chi connectivity index (χ0n) is 6.60. The van der Waals surface area contributed by atoms with E-state index in [1.54, 1.807) is 23.3 Å². The molecule has 0 aliphatic rings. The number of rotatable bonds is 1. The fourth-order valence-electron chi connectivity index (χ4n) is 0.983. The first kappa shape index (κ1) is 6.97. The van der Waals surface area contributed by atoms with Crippen molar-refractivity contribution in [2.75, 3.05) is 0 Å². The number of aromatic nitrogens is 4. The van der Waals surface area contributed by atoms with Crippen molar-refractivity contribution in [2.24, 2.45) is 7.05 Å². The Morgan fingerprint density at radius 3 is 2.50 bits per heavy atom. The highest BCUT2D eigenvalue weighted by Crippen LogP contribution is 2.14. The van der Waals surface area contributed by atoms with Gasteiger partial charge in [-0.15, -0.1) is 0 Å². The third kappa shape index (κ3) is 1.18. The molecule has 59 valence electrons. The predicted octanol–water partition coefficient (Wildman–Crippen LogP) is 0.677. The molecule has 0 unspecified atom stereocenters. The molecule has 0 aromatic carbocycles. The van der Waals surface area contributed by atoms with Gasteiger partial charge in [0.05, 0.1) is 6.20 Å². The van der Waals surface area contributed by atoms with Crippen molar-refractivity contribution in [3.05, 3.63) is 31.1 Å². The minimum absolute atomic E-state index is 0.960. The van der Waals surface area contributed by atoms with E-state index in [2.05, 4.69) is 21.4 Å². The van der Waals surface area contributed by atoms with Gasteiger partial charge in [0.15, 0.2) is 6.33 Å². The van der Waals surface area contributed by atoms with E-state index in [0.717, 1.165) is 11.1 Å². The van der Waals surface area contributed by atoms with Crippen molar-refractivity contribution in [3.63, 3.8) is 0 Å². The first-order valence-electron chi connectivity index (χ1n) is 3.53. The van der Waals surface area contributed by atoms with Crippen molar-refractivity contribution in [1.29, 1.82) is 0 Å². The van der Waals surface area contributed by atoms with Crippen molar-refractivity contribution in [1.82, 2.24) is 19.7 Å². The van der Waals surface area contributed by atoms with Crippen molar-refractivity contribution in [2.45, 2.75) is 0 Å². The molecule has 0 atom stereocenters. The highest BCUT2D eigenvalue weighted by molar-refractivity contribution is 5.58. The average molecular weight is 159 g/mol.